The van der Waals surface area contributed by atoms with Crippen LogP contribution in [0.15, 0.2) is 30.3 Å². The van der Waals surface area contributed by atoms with Crippen LogP contribution in [-0.2, 0) is 14.4 Å². The van der Waals surface area contributed by atoms with Crippen LogP contribution < -0.4 is 15.4 Å². The number of Topliss-reactive ketones (excluding diaryl/α,β-unsaturated/α-hetero) is 1. The number of carbonyl (C=O) groups is 3. The number of benzene rings is 1. The van der Waals surface area contributed by atoms with E-state index in [4.69, 9.17) is 4.74 Å². The van der Waals surface area contributed by atoms with E-state index in [0.29, 0.717) is 18.8 Å². The molecule has 0 saturated carbocycles. The van der Waals surface area contributed by atoms with Gasteiger partial charge in [-0.1, -0.05) is 18.2 Å². The highest BCUT2D eigenvalue weighted by atomic mass is 16.5. The molecule has 21 heavy (non-hydrogen) atoms. The number of carbonyl (C=O) groups excluding carboxylic acids is 3. The molecule has 0 saturated heterocycles. The Bertz CT molecular complexity index is 474. The highest BCUT2D eigenvalue weighted by molar-refractivity contribution is 5.83. The van der Waals surface area contributed by atoms with Crippen molar-refractivity contribution < 1.29 is 19.1 Å². The zero-order valence-electron chi connectivity index (χ0n) is 12.1. The first-order valence-corrected chi connectivity index (χ1v) is 6.78. The summed E-state index contributed by atoms with van der Waals surface area (Å²) in [4.78, 5) is 33.5. The summed E-state index contributed by atoms with van der Waals surface area (Å²) < 4.78 is 5.27. The summed E-state index contributed by atoms with van der Waals surface area (Å²) in [7, 11) is 0. The fourth-order valence-corrected chi connectivity index (χ4v) is 1.50. The molecule has 0 aliphatic rings. The first-order valence-electron chi connectivity index (χ1n) is 6.78. The van der Waals surface area contributed by atoms with Crippen LogP contribution in [0.25, 0.3) is 0 Å². The van der Waals surface area contributed by atoms with Crippen molar-refractivity contribution in [3.63, 3.8) is 0 Å². The second-order valence-corrected chi connectivity index (χ2v) is 4.50. The molecule has 1 rings (SSSR count). The molecule has 0 unspecified atom stereocenters. The maximum Gasteiger partial charge on any atom is 0.258 e. The van der Waals surface area contributed by atoms with Gasteiger partial charge in [-0.05, 0) is 19.1 Å². The molecule has 0 aromatic heterocycles. The van der Waals surface area contributed by atoms with Gasteiger partial charge in [-0.3, -0.25) is 9.59 Å². The molecule has 0 radical (unpaired) electrons. The van der Waals surface area contributed by atoms with Gasteiger partial charge in [-0.15, -0.1) is 0 Å². The van der Waals surface area contributed by atoms with Crippen molar-refractivity contribution in [3.8, 4) is 5.75 Å². The molecule has 0 atom stereocenters. The van der Waals surface area contributed by atoms with E-state index >= 15 is 0 Å². The summed E-state index contributed by atoms with van der Waals surface area (Å²) in [5.74, 6) is 0.165. The third-order valence-electron chi connectivity index (χ3n) is 2.59. The lowest BCUT2D eigenvalue weighted by atomic mass is 10.2. The summed E-state index contributed by atoms with van der Waals surface area (Å²) in [6, 6.07) is 9.04. The molecule has 0 fully saturated rings. The van der Waals surface area contributed by atoms with Crippen LogP contribution in [0.4, 0.5) is 0 Å². The standard InChI is InChI=1S/C15H20N2O4/c1-12(18)7-8-14(19)16-9-10-17-15(20)11-21-13-5-3-2-4-6-13/h2-6H,7-11H2,1H3,(H,16,19)(H,17,20). The lowest BCUT2D eigenvalue weighted by Crippen LogP contribution is -2.36. The summed E-state index contributed by atoms with van der Waals surface area (Å²) >= 11 is 0. The molecule has 0 heterocycles. The SMILES string of the molecule is CC(=O)CCC(=O)NCCNC(=O)COc1ccccc1. The molecule has 2 amide bonds. The number of amides is 2. The summed E-state index contributed by atoms with van der Waals surface area (Å²) in [6.07, 6.45) is 0.420. The predicted molar refractivity (Wildman–Crippen MR) is 77.9 cm³/mol. The van der Waals surface area contributed by atoms with Gasteiger partial charge in [0.2, 0.25) is 5.91 Å². The number of nitrogens with one attached hydrogen (secondary N) is 2. The summed E-state index contributed by atoms with van der Waals surface area (Å²) in [5, 5.41) is 5.25. The highest BCUT2D eigenvalue weighted by Crippen LogP contribution is 2.07. The van der Waals surface area contributed by atoms with Gasteiger partial charge in [0.1, 0.15) is 11.5 Å². The molecule has 2 N–H and O–H groups in total. The van der Waals surface area contributed by atoms with E-state index in [-0.39, 0.29) is 37.0 Å². The van der Waals surface area contributed by atoms with Crippen LogP contribution in [0.2, 0.25) is 0 Å². The lowest BCUT2D eigenvalue weighted by molar-refractivity contribution is -0.125. The van der Waals surface area contributed by atoms with E-state index in [1.54, 1.807) is 12.1 Å². The molecule has 0 aliphatic carbocycles. The van der Waals surface area contributed by atoms with E-state index in [0.717, 1.165) is 0 Å². The van der Waals surface area contributed by atoms with Gasteiger partial charge in [0, 0.05) is 25.9 Å². The molecular weight excluding hydrogens is 272 g/mol. The third-order valence-corrected chi connectivity index (χ3v) is 2.59. The molecule has 0 aliphatic heterocycles. The molecule has 1 aromatic carbocycles. The summed E-state index contributed by atoms with van der Waals surface area (Å²) in [6.45, 7) is 2.03. The average molecular weight is 292 g/mol. The Morgan fingerprint density at radius 3 is 2.19 bits per heavy atom. The Morgan fingerprint density at radius 2 is 1.57 bits per heavy atom. The molecule has 1 aromatic rings. The van der Waals surface area contributed by atoms with Gasteiger partial charge in [-0.25, -0.2) is 0 Å². The fourth-order valence-electron chi connectivity index (χ4n) is 1.50. The van der Waals surface area contributed by atoms with Crippen molar-refractivity contribution in [2.75, 3.05) is 19.7 Å². The minimum absolute atomic E-state index is 0.0171. The summed E-state index contributed by atoms with van der Waals surface area (Å²) in [5.41, 5.74) is 0. The Morgan fingerprint density at radius 1 is 0.952 bits per heavy atom. The Balaban J connectivity index is 2.05. The van der Waals surface area contributed by atoms with Crippen molar-refractivity contribution in [1.29, 1.82) is 0 Å². The third kappa shape index (κ3) is 8.41. The zero-order valence-corrected chi connectivity index (χ0v) is 12.1. The maximum absolute atomic E-state index is 11.5. The first-order chi connectivity index (χ1) is 10.1. The minimum Gasteiger partial charge on any atom is -0.484 e. The van der Waals surface area contributed by atoms with Crippen molar-refractivity contribution in [2.45, 2.75) is 19.8 Å². The van der Waals surface area contributed by atoms with E-state index in [1.807, 2.05) is 18.2 Å². The number of ketones is 1. The van der Waals surface area contributed by atoms with Crippen LogP contribution in [0, 0.1) is 0 Å². The fraction of sp³-hybridized carbons (Fsp3) is 0.400. The normalized spacial score (nSPS) is 9.76. The van der Waals surface area contributed by atoms with Crippen molar-refractivity contribution in [1.82, 2.24) is 10.6 Å². The Hall–Kier alpha value is -2.37. The van der Waals surface area contributed by atoms with Crippen LogP contribution in [0.3, 0.4) is 0 Å². The van der Waals surface area contributed by atoms with E-state index in [9.17, 15) is 14.4 Å². The quantitative estimate of drug-likeness (QED) is 0.655. The number of para-hydroxylation sites is 1. The predicted octanol–water partition coefficient (Wildman–Crippen LogP) is 0.667. The van der Waals surface area contributed by atoms with E-state index in [1.165, 1.54) is 6.92 Å². The Kier molecular flexibility index (Phi) is 7.56. The number of hydrogen-bond acceptors (Lipinski definition) is 4. The van der Waals surface area contributed by atoms with Crippen molar-refractivity contribution in [3.05, 3.63) is 30.3 Å². The monoisotopic (exact) mass is 292 g/mol. The van der Waals surface area contributed by atoms with Crippen LogP contribution >= 0.6 is 0 Å². The second-order valence-electron chi connectivity index (χ2n) is 4.50. The van der Waals surface area contributed by atoms with Gasteiger partial charge in [0.25, 0.3) is 5.91 Å². The van der Waals surface area contributed by atoms with Gasteiger partial charge < -0.3 is 20.2 Å². The topological polar surface area (TPSA) is 84.5 Å². The zero-order chi connectivity index (χ0) is 15.5. The molecule has 6 nitrogen and oxygen atoms in total. The van der Waals surface area contributed by atoms with Gasteiger partial charge in [-0.2, -0.15) is 0 Å². The van der Waals surface area contributed by atoms with Gasteiger partial charge >= 0.3 is 0 Å². The maximum atomic E-state index is 11.5. The largest absolute Gasteiger partial charge is 0.484 e. The molecular formula is C15H20N2O4. The molecule has 114 valence electrons. The lowest BCUT2D eigenvalue weighted by Gasteiger charge is -2.08. The molecule has 0 bridgehead atoms. The highest BCUT2D eigenvalue weighted by Gasteiger charge is 2.04. The second kappa shape index (κ2) is 9.52. The molecule has 0 spiro atoms. The minimum atomic E-state index is -0.253. The number of rotatable bonds is 9. The smallest absolute Gasteiger partial charge is 0.258 e. The number of ether oxygens (including phenoxy) is 1. The van der Waals surface area contributed by atoms with Crippen LogP contribution in [-0.4, -0.2) is 37.3 Å². The first kappa shape index (κ1) is 16.7. The van der Waals surface area contributed by atoms with Gasteiger partial charge in [0.05, 0.1) is 0 Å². The van der Waals surface area contributed by atoms with Crippen molar-refractivity contribution >= 4 is 17.6 Å². The van der Waals surface area contributed by atoms with Crippen LogP contribution in [0.1, 0.15) is 19.8 Å². The van der Waals surface area contributed by atoms with Crippen molar-refractivity contribution in [2.24, 2.45) is 0 Å². The van der Waals surface area contributed by atoms with E-state index < -0.39 is 0 Å². The van der Waals surface area contributed by atoms with E-state index in [2.05, 4.69) is 10.6 Å². The average Bonchev–Trinajstić information content (AvgIpc) is 2.48. The number of hydrogen-bond donors (Lipinski definition) is 2. The molecule has 6 heteroatoms. The van der Waals surface area contributed by atoms with Crippen LogP contribution in [0.5, 0.6) is 5.75 Å². The Labute approximate surface area is 123 Å². The van der Waals surface area contributed by atoms with Gasteiger partial charge in [0.15, 0.2) is 6.61 Å².